The average Bonchev–Trinajstić information content (AvgIpc) is 3.24. The molecular formula is C22H25FN4O3. The Bertz CT molecular complexity index is 928. The van der Waals surface area contributed by atoms with Crippen LogP contribution in [0.1, 0.15) is 24.8 Å². The molecule has 0 amide bonds. The Hall–Kier alpha value is -3.00. The number of anilines is 1. The number of nitrogens with zero attached hydrogens (tertiary/aromatic N) is 4. The summed E-state index contributed by atoms with van der Waals surface area (Å²) in [6.07, 6.45) is 2.55. The molecule has 1 fully saturated rings. The van der Waals surface area contributed by atoms with Crippen LogP contribution >= 0.6 is 0 Å². The third kappa shape index (κ3) is 4.76. The zero-order chi connectivity index (χ0) is 20.9. The largest absolute Gasteiger partial charge is 0.392 e. The first-order valence-corrected chi connectivity index (χ1v) is 10.3. The van der Waals surface area contributed by atoms with Crippen LogP contribution in [-0.4, -0.2) is 54.4 Å². The molecule has 158 valence electrons. The molecule has 2 aromatic rings. The predicted molar refractivity (Wildman–Crippen MR) is 113 cm³/mol. The van der Waals surface area contributed by atoms with Crippen molar-refractivity contribution < 1.29 is 14.2 Å². The summed E-state index contributed by atoms with van der Waals surface area (Å²) in [6, 6.07) is 13.4. The fourth-order valence-electron chi connectivity index (χ4n) is 4.02. The highest BCUT2D eigenvalue weighted by Gasteiger charge is 2.24. The van der Waals surface area contributed by atoms with Crippen LogP contribution in [0.5, 0.6) is 0 Å². The SMILES string of the molecule is O=[N+]([O-])c1cccc(C2=NOC(CCCN3CCN(c4ccccc4F)CC3)C2)c1. The molecule has 0 saturated carbocycles. The molecule has 4 rings (SSSR count). The first kappa shape index (κ1) is 20.3. The Morgan fingerprint density at radius 2 is 1.93 bits per heavy atom. The molecule has 1 unspecified atom stereocenters. The number of halogens is 1. The van der Waals surface area contributed by atoms with Gasteiger partial charge in [0, 0.05) is 50.3 Å². The Balaban J connectivity index is 1.19. The van der Waals surface area contributed by atoms with Crippen molar-refractivity contribution in [2.24, 2.45) is 5.16 Å². The molecule has 1 saturated heterocycles. The van der Waals surface area contributed by atoms with Crippen LogP contribution in [0, 0.1) is 15.9 Å². The van der Waals surface area contributed by atoms with Crippen molar-refractivity contribution in [3.63, 3.8) is 0 Å². The van der Waals surface area contributed by atoms with Gasteiger partial charge in [0.05, 0.1) is 16.3 Å². The molecule has 2 aliphatic heterocycles. The number of benzene rings is 2. The molecule has 0 aromatic heterocycles. The lowest BCUT2D eigenvalue weighted by Crippen LogP contribution is -2.47. The quantitative estimate of drug-likeness (QED) is 0.511. The van der Waals surface area contributed by atoms with Crippen LogP contribution in [0.3, 0.4) is 0 Å². The summed E-state index contributed by atoms with van der Waals surface area (Å²) in [6.45, 7) is 4.43. The predicted octanol–water partition coefficient (Wildman–Crippen LogP) is 3.83. The standard InChI is InChI=1S/C22H25FN4O3/c23-20-8-1-2-9-22(20)26-13-11-25(12-14-26)10-4-7-19-16-21(24-30-19)17-5-3-6-18(15-17)27(28)29/h1-3,5-6,8-9,15,19H,4,7,10-14,16H2. The first-order valence-electron chi connectivity index (χ1n) is 10.3. The minimum Gasteiger partial charge on any atom is -0.392 e. The van der Waals surface area contributed by atoms with Gasteiger partial charge in [-0.3, -0.25) is 15.0 Å². The van der Waals surface area contributed by atoms with Gasteiger partial charge < -0.3 is 9.74 Å². The maximum atomic E-state index is 13.9. The fraction of sp³-hybridized carbons (Fsp3) is 0.409. The molecule has 0 spiro atoms. The van der Waals surface area contributed by atoms with E-state index in [4.69, 9.17) is 4.84 Å². The van der Waals surface area contributed by atoms with Crippen LogP contribution < -0.4 is 4.90 Å². The lowest BCUT2D eigenvalue weighted by Gasteiger charge is -2.36. The normalized spacial score (nSPS) is 19.4. The number of piperazine rings is 1. The lowest BCUT2D eigenvalue weighted by atomic mass is 10.0. The number of nitro groups is 1. The van der Waals surface area contributed by atoms with E-state index in [1.807, 2.05) is 18.2 Å². The summed E-state index contributed by atoms with van der Waals surface area (Å²) in [7, 11) is 0. The number of nitro benzene ring substituents is 1. The van der Waals surface area contributed by atoms with Crippen LogP contribution in [-0.2, 0) is 4.84 Å². The number of rotatable bonds is 7. The Morgan fingerprint density at radius 3 is 2.70 bits per heavy atom. The number of non-ortho nitro benzene ring substituents is 1. The van der Waals surface area contributed by atoms with Gasteiger partial charge in [-0.1, -0.05) is 29.4 Å². The molecule has 2 heterocycles. The Kier molecular flexibility index (Phi) is 6.23. The third-order valence-electron chi connectivity index (χ3n) is 5.69. The van der Waals surface area contributed by atoms with Crippen molar-refractivity contribution >= 4 is 17.1 Å². The van der Waals surface area contributed by atoms with E-state index in [2.05, 4.69) is 15.0 Å². The molecule has 7 nitrogen and oxygen atoms in total. The number of oxime groups is 1. The van der Waals surface area contributed by atoms with E-state index in [-0.39, 0.29) is 17.6 Å². The fourth-order valence-corrected chi connectivity index (χ4v) is 4.02. The first-order chi connectivity index (χ1) is 14.6. The smallest absolute Gasteiger partial charge is 0.270 e. The molecule has 0 N–H and O–H groups in total. The molecule has 8 heteroatoms. The summed E-state index contributed by atoms with van der Waals surface area (Å²) >= 11 is 0. The van der Waals surface area contributed by atoms with Gasteiger partial charge >= 0.3 is 0 Å². The van der Waals surface area contributed by atoms with Gasteiger partial charge in [-0.15, -0.1) is 0 Å². The van der Waals surface area contributed by atoms with Crippen LogP contribution in [0.15, 0.2) is 53.7 Å². The monoisotopic (exact) mass is 412 g/mol. The summed E-state index contributed by atoms with van der Waals surface area (Å²) < 4.78 is 13.9. The molecule has 2 aliphatic rings. The highest BCUT2D eigenvalue weighted by Crippen LogP contribution is 2.23. The van der Waals surface area contributed by atoms with Gasteiger partial charge in [0.25, 0.3) is 5.69 Å². The van der Waals surface area contributed by atoms with E-state index >= 15 is 0 Å². The van der Waals surface area contributed by atoms with Gasteiger partial charge in [-0.05, 0) is 31.5 Å². The molecule has 30 heavy (non-hydrogen) atoms. The highest BCUT2D eigenvalue weighted by molar-refractivity contribution is 6.01. The second-order valence-corrected chi connectivity index (χ2v) is 7.70. The average molecular weight is 412 g/mol. The summed E-state index contributed by atoms with van der Waals surface area (Å²) in [5, 5.41) is 15.1. The van der Waals surface area contributed by atoms with E-state index in [0.717, 1.165) is 56.8 Å². The number of hydrogen-bond donors (Lipinski definition) is 0. The van der Waals surface area contributed by atoms with E-state index in [9.17, 15) is 14.5 Å². The van der Waals surface area contributed by atoms with E-state index in [1.54, 1.807) is 18.2 Å². The van der Waals surface area contributed by atoms with Gasteiger partial charge in [-0.25, -0.2) is 4.39 Å². The van der Waals surface area contributed by atoms with Crippen molar-refractivity contribution in [3.05, 3.63) is 70.0 Å². The van der Waals surface area contributed by atoms with E-state index < -0.39 is 4.92 Å². The molecular weight excluding hydrogens is 387 g/mol. The molecule has 0 bridgehead atoms. The summed E-state index contributed by atoms with van der Waals surface area (Å²) in [5.74, 6) is -0.163. The van der Waals surface area contributed by atoms with E-state index in [1.165, 1.54) is 12.1 Å². The molecule has 1 atom stereocenters. The van der Waals surface area contributed by atoms with Crippen molar-refractivity contribution in [3.8, 4) is 0 Å². The third-order valence-corrected chi connectivity index (χ3v) is 5.69. The van der Waals surface area contributed by atoms with Crippen LogP contribution in [0.4, 0.5) is 15.8 Å². The molecule has 0 aliphatic carbocycles. The Morgan fingerprint density at radius 1 is 1.13 bits per heavy atom. The zero-order valence-corrected chi connectivity index (χ0v) is 16.7. The Labute approximate surface area is 174 Å². The summed E-state index contributed by atoms with van der Waals surface area (Å²) in [4.78, 5) is 20.6. The number of para-hydroxylation sites is 1. The second-order valence-electron chi connectivity index (χ2n) is 7.70. The van der Waals surface area contributed by atoms with Crippen LogP contribution in [0.2, 0.25) is 0 Å². The van der Waals surface area contributed by atoms with Crippen molar-refractivity contribution in [1.82, 2.24) is 4.90 Å². The van der Waals surface area contributed by atoms with Crippen molar-refractivity contribution in [1.29, 1.82) is 0 Å². The van der Waals surface area contributed by atoms with Gasteiger partial charge in [0.2, 0.25) is 0 Å². The van der Waals surface area contributed by atoms with Crippen molar-refractivity contribution in [2.45, 2.75) is 25.4 Å². The van der Waals surface area contributed by atoms with E-state index in [0.29, 0.717) is 12.1 Å². The highest BCUT2D eigenvalue weighted by atomic mass is 19.1. The van der Waals surface area contributed by atoms with Crippen molar-refractivity contribution in [2.75, 3.05) is 37.6 Å². The van der Waals surface area contributed by atoms with Gasteiger partial charge in [0.1, 0.15) is 11.9 Å². The maximum absolute atomic E-state index is 13.9. The minimum atomic E-state index is -0.400. The lowest BCUT2D eigenvalue weighted by molar-refractivity contribution is -0.384. The zero-order valence-electron chi connectivity index (χ0n) is 16.7. The van der Waals surface area contributed by atoms with Gasteiger partial charge in [-0.2, -0.15) is 0 Å². The molecule has 0 radical (unpaired) electrons. The summed E-state index contributed by atoms with van der Waals surface area (Å²) in [5.41, 5.74) is 2.26. The topological polar surface area (TPSA) is 71.2 Å². The minimum absolute atomic E-state index is 0.0129. The maximum Gasteiger partial charge on any atom is 0.270 e. The molecule has 2 aromatic carbocycles. The second kappa shape index (κ2) is 9.21. The van der Waals surface area contributed by atoms with Gasteiger partial charge in [0.15, 0.2) is 0 Å². The number of hydrogen-bond acceptors (Lipinski definition) is 6. The van der Waals surface area contributed by atoms with Crippen LogP contribution in [0.25, 0.3) is 0 Å².